The predicted molar refractivity (Wildman–Crippen MR) is 58.8 cm³/mol. The molecule has 1 aliphatic rings. The van der Waals surface area contributed by atoms with Crippen LogP contribution in [0.15, 0.2) is 12.1 Å². The summed E-state index contributed by atoms with van der Waals surface area (Å²) < 4.78 is 5.78. The number of hydrogen-bond donors (Lipinski definition) is 1. The van der Waals surface area contributed by atoms with Crippen molar-refractivity contribution in [2.24, 2.45) is 0 Å². The van der Waals surface area contributed by atoms with E-state index >= 15 is 0 Å². The van der Waals surface area contributed by atoms with E-state index in [9.17, 15) is 0 Å². The van der Waals surface area contributed by atoms with Crippen molar-refractivity contribution in [1.82, 2.24) is 0 Å². The Labute approximate surface area is 89.0 Å². The highest BCUT2D eigenvalue weighted by atomic mass is 35.5. The molecule has 14 heavy (non-hydrogen) atoms. The molecule has 0 radical (unpaired) electrons. The lowest BCUT2D eigenvalue weighted by atomic mass is 9.98. The Morgan fingerprint density at radius 2 is 2.21 bits per heavy atom. The van der Waals surface area contributed by atoms with E-state index in [1.165, 1.54) is 5.56 Å². The summed E-state index contributed by atoms with van der Waals surface area (Å²) in [5.41, 5.74) is 8.65. The van der Waals surface area contributed by atoms with Gasteiger partial charge in [0.1, 0.15) is 11.4 Å². The summed E-state index contributed by atoms with van der Waals surface area (Å²) >= 11 is 5.86. The molecule has 1 aromatic rings. The zero-order chi connectivity index (χ0) is 10.3. The van der Waals surface area contributed by atoms with E-state index in [4.69, 9.17) is 22.1 Å². The molecule has 1 heterocycles. The molecule has 0 amide bonds. The first-order valence-electron chi connectivity index (χ1n) is 4.68. The van der Waals surface area contributed by atoms with Gasteiger partial charge in [-0.15, -0.1) is 11.6 Å². The minimum atomic E-state index is -0.128. The fourth-order valence-corrected chi connectivity index (χ4v) is 2.14. The van der Waals surface area contributed by atoms with Gasteiger partial charge in [0, 0.05) is 29.6 Å². The second kappa shape index (κ2) is 3.06. The van der Waals surface area contributed by atoms with Gasteiger partial charge in [0.2, 0.25) is 0 Å². The molecule has 76 valence electrons. The lowest BCUT2D eigenvalue weighted by Crippen LogP contribution is -2.24. The Hall–Kier alpha value is -0.890. The summed E-state index contributed by atoms with van der Waals surface area (Å²) in [6, 6.07) is 3.80. The van der Waals surface area contributed by atoms with E-state index in [2.05, 4.69) is 13.8 Å². The highest BCUT2D eigenvalue weighted by Gasteiger charge is 2.31. The Morgan fingerprint density at radius 3 is 2.86 bits per heavy atom. The molecular weight excluding hydrogens is 198 g/mol. The highest BCUT2D eigenvalue weighted by molar-refractivity contribution is 6.17. The molecule has 0 spiro atoms. The number of fused-ring (bicyclic) bond motifs is 1. The van der Waals surface area contributed by atoms with E-state index < -0.39 is 0 Å². The maximum absolute atomic E-state index is 5.86. The number of benzene rings is 1. The first-order valence-corrected chi connectivity index (χ1v) is 5.21. The molecule has 0 unspecified atom stereocenters. The van der Waals surface area contributed by atoms with Crippen LogP contribution in [0.4, 0.5) is 5.69 Å². The summed E-state index contributed by atoms with van der Waals surface area (Å²) in [5, 5.41) is 0. The quantitative estimate of drug-likeness (QED) is 0.573. The van der Waals surface area contributed by atoms with Crippen molar-refractivity contribution in [3.63, 3.8) is 0 Å². The van der Waals surface area contributed by atoms with Gasteiger partial charge in [0.05, 0.1) is 0 Å². The third-order valence-electron chi connectivity index (χ3n) is 2.46. The average Bonchev–Trinajstić information content (AvgIpc) is 2.37. The SMILES string of the molecule is CC1(C)Cc2c(CCl)cc(N)cc2O1. The van der Waals surface area contributed by atoms with Crippen LogP contribution in [0.25, 0.3) is 0 Å². The normalized spacial score (nSPS) is 17.6. The highest BCUT2D eigenvalue weighted by Crippen LogP contribution is 2.38. The molecule has 0 aromatic heterocycles. The molecule has 0 aliphatic carbocycles. The van der Waals surface area contributed by atoms with E-state index in [0.29, 0.717) is 5.88 Å². The van der Waals surface area contributed by atoms with Gasteiger partial charge < -0.3 is 10.5 Å². The van der Waals surface area contributed by atoms with Gasteiger partial charge in [0.15, 0.2) is 0 Å². The molecule has 2 nitrogen and oxygen atoms in total. The zero-order valence-electron chi connectivity index (χ0n) is 8.43. The number of rotatable bonds is 1. The van der Waals surface area contributed by atoms with E-state index in [-0.39, 0.29) is 5.60 Å². The minimum Gasteiger partial charge on any atom is -0.487 e. The van der Waals surface area contributed by atoms with Crippen molar-refractivity contribution in [2.45, 2.75) is 31.7 Å². The third kappa shape index (κ3) is 1.55. The van der Waals surface area contributed by atoms with Gasteiger partial charge in [-0.1, -0.05) is 0 Å². The van der Waals surface area contributed by atoms with Crippen molar-refractivity contribution in [2.75, 3.05) is 5.73 Å². The lowest BCUT2D eigenvalue weighted by Gasteiger charge is -2.16. The molecule has 2 N–H and O–H groups in total. The number of alkyl halides is 1. The Balaban J connectivity index is 2.50. The number of anilines is 1. The summed E-state index contributed by atoms with van der Waals surface area (Å²) in [6.07, 6.45) is 0.907. The topological polar surface area (TPSA) is 35.2 Å². The van der Waals surface area contributed by atoms with Gasteiger partial charge in [0.25, 0.3) is 0 Å². The maximum Gasteiger partial charge on any atom is 0.125 e. The number of halogens is 1. The molecule has 0 bridgehead atoms. The fourth-order valence-electron chi connectivity index (χ4n) is 1.90. The Kier molecular flexibility index (Phi) is 2.11. The van der Waals surface area contributed by atoms with Crippen LogP contribution < -0.4 is 10.5 Å². The van der Waals surface area contributed by atoms with E-state index in [1.54, 1.807) is 0 Å². The predicted octanol–water partition coefficient (Wildman–Crippen LogP) is 2.72. The van der Waals surface area contributed by atoms with Crippen LogP contribution in [0.5, 0.6) is 5.75 Å². The van der Waals surface area contributed by atoms with Gasteiger partial charge in [-0.25, -0.2) is 0 Å². The molecule has 0 atom stereocenters. The van der Waals surface area contributed by atoms with Crippen LogP contribution in [-0.4, -0.2) is 5.60 Å². The average molecular weight is 212 g/mol. The maximum atomic E-state index is 5.86. The molecule has 1 aliphatic heterocycles. The van der Waals surface area contributed by atoms with Crippen molar-refractivity contribution in [3.8, 4) is 5.75 Å². The van der Waals surface area contributed by atoms with Crippen LogP contribution in [0.3, 0.4) is 0 Å². The van der Waals surface area contributed by atoms with E-state index in [0.717, 1.165) is 23.4 Å². The van der Waals surface area contributed by atoms with Gasteiger partial charge in [-0.3, -0.25) is 0 Å². The van der Waals surface area contributed by atoms with Crippen LogP contribution >= 0.6 is 11.6 Å². The van der Waals surface area contributed by atoms with Crippen LogP contribution in [0, 0.1) is 0 Å². The summed E-state index contributed by atoms with van der Waals surface area (Å²) in [6.45, 7) is 4.14. The molecule has 0 saturated heterocycles. The number of nitrogens with two attached hydrogens (primary N) is 1. The van der Waals surface area contributed by atoms with Gasteiger partial charge in [-0.2, -0.15) is 0 Å². The number of ether oxygens (including phenoxy) is 1. The van der Waals surface area contributed by atoms with Crippen LogP contribution in [0.2, 0.25) is 0 Å². The standard InChI is InChI=1S/C11H14ClNO/c1-11(2)5-9-7(6-12)3-8(13)4-10(9)14-11/h3-4H,5-6,13H2,1-2H3. The molecule has 2 rings (SSSR count). The zero-order valence-corrected chi connectivity index (χ0v) is 9.19. The van der Waals surface area contributed by atoms with Crippen molar-refractivity contribution < 1.29 is 4.74 Å². The minimum absolute atomic E-state index is 0.128. The largest absolute Gasteiger partial charge is 0.487 e. The summed E-state index contributed by atoms with van der Waals surface area (Å²) in [4.78, 5) is 0. The summed E-state index contributed by atoms with van der Waals surface area (Å²) in [7, 11) is 0. The van der Waals surface area contributed by atoms with E-state index in [1.807, 2.05) is 12.1 Å². The molecule has 1 aromatic carbocycles. The number of hydrogen-bond acceptors (Lipinski definition) is 2. The third-order valence-corrected chi connectivity index (χ3v) is 2.74. The van der Waals surface area contributed by atoms with Crippen molar-refractivity contribution in [3.05, 3.63) is 23.3 Å². The van der Waals surface area contributed by atoms with Crippen molar-refractivity contribution in [1.29, 1.82) is 0 Å². The second-order valence-electron chi connectivity index (χ2n) is 4.33. The van der Waals surface area contributed by atoms with Crippen LogP contribution in [0.1, 0.15) is 25.0 Å². The fraction of sp³-hybridized carbons (Fsp3) is 0.455. The molecular formula is C11H14ClNO. The lowest BCUT2D eigenvalue weighted by molar-refractivity contribution is 0.138. The molecule has 0 fully saturated rings. The summed E-state index contributed by atoms with van der Waals surface area (Å²) in [5.74, 6) is 1.39. The molecule has 3 heteroatoms. The van der Waals surface area contributed by atoms with Crippen molar-refractivity contribution >= 4 is 17.3 Å². The van der Waals surface area contributed by atoms with Gasteiger partial charge >= 0.3 is 0 Å². The smallest absolute Gasteiger partial charge is 0.125 e. The van der Waals surface area contributed by atoms with Gasteiger partial charge in [-0.05, 0) is 25.5 Å². The van der Waals surface area contributed by atoms with Crippen LogP contribution in [-0.2, 0) is 12.3 Å². The second-order valence-corrected chi connectivity index (χ2v) is 4.60. The molecule has 0 saturated carbocycles. The first-order chi connectivity index (χ1) is 6.52. The monoisotopic (exact) mass is 211 g/mol. The Bertz CT molecular complexity index is 374. The Morgan fingerprint density at radius 1 is 1.50 bits per heavy atom. The number of nitrogen functional groups attached to an aromatic ring is 1. The first kappa shape index (κ1) is 9.66.